The Morgan fingerprint density at radius 3 is 2.37 bits per heavy atom. The Hall–Kier alpha value is -3.55. The molecule has 1 heterocycles. The van der Waals surface area contributed by atoms with Crippen LogP contribution >= 0.6 is 0 Å². The minimum atomic E-state index is -0.0315. The number of carbonyl (C=O) groups excluding carboxylic acids is 1. The molecule has 35 heavy (non-hydrogen) atoms. The van der Waals surface area contributed by atoms with Gasteiger partial charge in [-0.2, -0.15) is 0 Å². The average molecular weight is 480 g/mol. The molecule has 1 saturated carbocycles. The van der Waals surface area contributed by atoms with Crippen molar-refractivity contribution in [3.63, 3.8) is 0 Å². The Morgan fingerprint density at radius 1 is 1.03 bits per heavy atom. The summed E-state index contributed by atoms with van der Waals surface area (Å²) in [6, 6.07) is 11.0. The number of benzene rings is 2. The van der Waals surface area contributed by atoms with Gasteiger partial charge in [0.1, 0.15) is 5.75 Å². The van der Waals surface area contributed by atoms with E-state index in [0.717, 1.165) is 24.2 Å². The Labute approximate surface area is 206 Å². The van der Waals surface area contributed by atoms with Gasteiger partial charge >= 0.3 is 0 Å². The van der Waals surface area contributed by atoms with Crippen LogP contribution in [-0.2, 0) is 4.79 Å². The fourth-order valence-corrected chi connectivity index (χ4v) is 3.93. The van der Waals surface area contributed by atoms with E-state index in [0.29, 0.717) is 41.2 Å². The fraction of sp³-hybridized carbons (Fsp3) is 0.444. The molecule has 0 unspecified atom stereocenters. The summed E-state index contributed by atoms with van der Waals surface area (Å²) in [5, 5.41) is 11.5. The molecule has 0 radical (unpaired) electrons. The van der Waals surface area contributed by atoms with Gasteiger partial charge < -0.3 is 23.9 Å². The molecule has 3 aromatic rings. The molecular formula is C27H33N3O5. The van der Waals surface area contributed by atoms with Crippen LogP contribution in [0.4, 0.5) is 5.69 Å². The number of rotatable bonds is 12. The van der Waals surface area contributed by atoms with E-state index in [1.165, 1.54) is 19.3 Å². The number of hydrogen-bond donors (Lipinski definition) is 1. The first-order valence-corrected chi connectivity index (χ1v) is 12.2. The second-order valence-corrected chi connectivity index (χ2v) is 8.91. The van der Waals surface area contributed by atoms with Gasteiger partial charge in [-0.15, -0.1) is 10.2 Å². The lowest BCUT2D eigenvalue weighted by Crippen LogP contribution is -2.15. The van der Waals surface area contributed by atoms with Crippen molar-refractivity contribution in [3.05, 3.63) is 36.4 Å². The summed E-state index contributed by atoms with van der Waals surface area (Å²) in [4.78, 5) is 12.6. The van der Waals surface area contributed by atoms with Crippen LogP contribution in [-0.4, -0.2) is 36.9 Å². The summed E-state index contributed by atoms with van der Waals surface area (Å²) >= 11 is 0. The topological polar surface area (TPSA) is 95.7 Å². The van der Waals surface area contributed by atoms with Crippen LogP contribution < -0.4 is 19.5 Å². The van der Waals surface area contributed by atoms with E-state index >= 15 is 0 Å². The van der Waals surface area contributed by atoms with Gasteiger partial charge in [0.2, 0.25) is 17.7 Å². The van der Waals surface area contributed by atoms with Crippen LogP contribution in [0.5, 0.6) is 17.2 Å². The van der Waals surface area contributed by atoms with Gasteiger partial charge in [-0.25, -0.2) is 0 Å². The molecule has 1 aliphatic rings. The Balaban J connectivity index is 1.53. The molecule has 0 spiro atoms. The summed E-state index contributed by atoms with van der Waals surface area (Å²) in [6.45, 7) is 4.96. The third kappa shape index (κ3) is 5.93. The first kappa shape index (κ1) is 24.6. The quantitative estimate of drug-likeness (QED) is 0.320. The molecule has 8 heteroatoms. The zero-order chi connectivity index (χ0) is 24.8. The molecule has 1 aliphatic carbocycles. The zero-order valence-corrected chi connectivity index (χ0v) is 20.8. The molecule has 1 aromatic heterocycles. The normalized spacial score (nSPS) is 16.6. The van der Waals surface area contributed by atoms with Gasteiger partial charge in [0, 0.05) is 17.5 Å². The maximum Gasteiger partial charge on any atom is 0.250 e. The minimum absolute atomic E-state index is 0.0153. The number of methoxy groups -OCH3 is 2. The van der Waals surface area contributed by atoms with Gasteiger partial charge in [-0.1, -0.05) is 33.1 Å². The van der Waals surface area contributed by atoms with Gasteiger partial charge in [0.15, 0.2) is 11.5 Å². The highest BCUT2D eigenvalue weighted by Gasteiger charge is 2.39. The van der Waals surface area contributed by atoms with E-state index in [-0.39, 0.29) is 17.7 Å². The molecule has 0 saturated heterocycles. The van der Waals surface area contributed by atoms with E-state index in [1.807, 2.05) is 24.3 Å². The smallest absolute Gasteiger partial charge is 0.250 e. The third-order valence-corrected chi connectivity index (χ3v) is 6.25. The highest BCUT2D eigenvalue weighted by molar-refractivity contribution is 5.98. The molecule has 2 aromatic carbocycles. The summed E-state index contributed by atoms with van der Waals surface area (Å²) in [5.41, 5.74) is 1.88. The molecule has 186 valence electrons. The summed E-state index contributed by atoms with van der Waals surface area (Å²) < 4.78 is 22.7. The standard InChI is InChI=1S/C27H33N3O5/c1-5-6-7-8-13-34-19-11-9-18(10-12-19)26-29-30-27(35-26)21-15-23(32-3)24(33-4)16-22(21)28-25(31)20-14-17(20)2/h9-12,15-17,20H,5-8,13-14H2,1-4H3,(H,28,31)/t17-,20+/m0/s1. The molecule has 4 rings (SSSR count). The second-order valence-electron chi connectivity index (χ2n) is 8.91. The zero-order valence-electron chi connectivity index (χ0n) is 20.8. The Bertz CT molecular complexity index is 1140. The maximum atomic E-state index is 12.6. The number of ether oxygens (including phenoxy) is 3. The summed E-state index contributed by atoms with van der Waals surface area (Å²) in [7, 11) is 3.11. The molecule has 8 nitrogen and oxygen atoms in total. The number of aromatic nitrogens is 2. The average Bonchev–Trinajstić information content (AvgIpc) is 3.41. The molecule has 1 fully saturated rings. The Morgan fingerprint density at radius 2 is 1.71 bits per heavy atom. The number of nitrogens with one attached hydrogen (secondary N) is 1. The van der Waals surface area contributed by atoms with E-state index in [1.54, 1.807) is 26.4 Å². The van der Waals surface area contributed by atoms with Crippen LogP contribution in [0.3, 0.4) is 0 Å². The number of hydrogen-bond acceptors (Lipinski definition) is 7. The fourth-order valence-electron chi connectivity index (χ4n) is 3.93. The van der Waals surface area contributed by atoms with Crippen molar-refractivity contribution in [1.82, 2.24) is 10.2 Å². The highest BCUT2D eigenvalue weighted by atomic mass is 16.5. The van der Waals surface area contributed by atoms with Crippen molar-refractivity contribution in [3.8, 4) is 40.2 Å². The summed E-state index contributed by atoms with van der Waals surface area (Å²) in [6.07, 6.45) is 5.55. The predicted molar refractivity (Wildman–Crippen MR) is 134 cm³/mol. The number of carbonyl (C=O) groups is 1. The monoisotopic (exact) mass is 479 g/mol. The Kier molecular flexibility index (Phi) is 7.90. The maximum absolute atomic E-state index is 12.6. The highest BCUT2D eigenvalue weighted by Crippen LogP contribution is 2.42. The third-order valence-electron chi connectivity index (χ3n) is 6.25. The van der Waals surface area contributed by atoms with E-state index < -0.39 is 0 Å². The number of amides is 1. The summed E-state index contributed by atoms with van der Waals surface area (Å²) in [5.74, 6) is 2.83. The molecular weight excluding hydrogens is 446 g/mol. The predicted octanol–water partition coefficient (Wildman–Crippen LogP) is 5.97. The first-order chi connectivity index (χ1) is 17.0. The van der Waals surface area contributed by atoms with Crippen molar-refractivity contribution >= 4 is 11.6 Å². The number of anilines is 1. The van der Waals surface area contributed by atoms with Crippen LogP contribution in [0.1, 0.15) is 46.0 Å². The second kappa shape index (κ2) is 11.3. The van der Waals surface area contributed by atoms with Gasteiger partial charge in [-0.3, -0.25) is 4.79 Å². The van der Waals surface area contributed by atoms with Crippen molar-refractivity contribution in [1.29, 1.82) is 0 Å². The van der Waals surface area contributed by atoms with Crippen LogP contribution in [0, 0.1) is 11.8 Å². The number of nitrogens with zero attached hydrogens (tertiary/aromatic N) is 2. The van der Waals surface area contributed by atoms with Gasteiger partial charge in [-0.05, 0) is 49.1 Å². The van der Waals surface area contributed by atoms with Crippen molar-refractivity contribution in [2.45, 2.75) is 46.0 Å². The lowest BCUT2D eigenvalue weighted by atomic mass is 10.1. The molecule has 1 N–H and O–H groups in total. The van der Waals surface area contributed by atoms with Gasteiger partial charge in [0.05, 0.1) is 32.1 Å². The lowest BCUT2D eigenvalue weighted by Gasteiger charge is -2.14. The molecule has 0 bridgehead atoms. The lowest BCUT2D eigenvalue weighted by molar-refractivity contribution is -0.117. The van der Waals surface area contributed by atoms with E-state index in [4.69, 9.17) is 18.6 Å². The first-order valence-electron chi connectivity index (χ1n) is 12.2. The van der Waals surface area contributed by atoms with Crippen molar-refractivity contribution in [2.24, 2.45) is 11.8 Å². The minimum Gasteiger partial charge on any atom is -0.494 e. The van der Waals surface area contributed by atoms with Crippen LogP contribution in [0.25, 0.3) is 22.9 Å². The SMILES string of the molecule is CCCCCCOc1ccc(-c2nnc(-c3cc(OC)c(OC)cc3NC(=O)[C@@H]3C[C@@H]3C)o2)cc1. The van der Waals surface area contributed by atoms with E-state index in [2.05, 4.69) is 29.4 Å². The largest absolute Gasteiger partial charge is 0.494 e. The van der Waals surface area contributed by atoms with E-state index in [9.17, 15) is 4.79 Å². The number of unbranched alkanes of at least 4 members (excludes halogenated alkanes) is 3. The van der Waals surface area contributed by atoms with Crippen molar-refractivity contribution < 1.29 is 23.4 Å². The van der Waals surface area contributed by atoms with Gasteiger partial charge in [0.25, 0.3) is 0 Å². The van der Waals surface area contributed by atoms with Crippen molar-refractivity contribution in [2.75, 3.05) is 26.1 Å². The molecule has 1 amide bonds. The van der Waals surface area contributed by atoms with Crippen LogP contribution in [0.2, 0.25) is 0 Å². The molecule has 2 atom stereocenters. The van der Waals surface area contributed by atoms with Crippen LogP contribution in [0.15, 0.2) is 40.8 Å². The molecule has 0 aliphatic heterocycles.